The average molecular weight is 362 g/mol. The molecule has 1 aromatic rings. The third kappa shape index (κ3) is 4.62. The van der Waals surface area contributed by atoms with E-state index in [1.807, 2.05) is 30.6 Å². The largest absolute Gasteiger partial charge is 0.476 e. The van der Waals surface area contributed by atoms with Crippen molar-refractivity contribution in [2.45, 2.75) is 51.7 Å². The summed E-state index contributed by atoms with van der Waals surface area (Å²) in [5.74, 6) is 0.114. The minimum absolute atomic E-state index is 0.0615. The molecule has 0 bridgehead atoms. The van der Waals surface area contributed by atoms with Gasteiger partial charge in [-0.2, -0.15) is 0 Å². The summed E-state index contributed by atoms with van der Waals surface area (Å²) in [5, 5.41) is 8.93. The second kappa shape index (κ2) is 7.09. The normalized spacial score (nSPS) is 20.1. The molecule has 1 aliphatic carbocycles. The maximum atomic E-state index is 12.7. The lowest BCUT2D eigenvalue weighted by molar-refractivity contribution is 0.0167. The summed E-state index contributed by atoms with van der Waals surface area (Å²) >= 11 is 0. The number of carbonyl (C=O) groups excluding carboxylic acids is 1. The van der Waals surface area contributed by atoms with Crippen LogP contribution in [0.25, 0.3) is 0 Å². The van der Waals surface area contributed by atoms with Crippen LogP contribution in [0.2, 0.25) is 0 Å². The number of rotatable bonds is 5. The molecule has 0 radical (unpaired) electrons. The Balaban J connectivity index is 1.67. The predicted octanol–water partition coefficient (Wildman–Crippen LogP) is 2.40. The number of hydrogen-bond acceptors (Lipinski definition) is 6. The Morgan fingerprint density at radius 1 is 1.27 bits per heavy atom. The van der Waals surface area contributed by atoms with Crippen LogP contribution < -0.4 is 4.90 Å². The molecule has 0 aromatic carbocycles. The number of anilines is 1. The molecule has 1 aromatic heterocycles. The van der Waals surface area contributed by atoms with Crippen molar-refractivity contribution in [2.75, 3.05) is 24.5 Å². The second-order valence-corrected chi connectivity index (χ2v) is 8.03. The number of aromatic carboxylic acids is 1. The van der Waals surface area contributed by atoms with Crippen LogP contribution in [0.5, 0.6) is 0 Å². The smallest absolute Gasteiger partial charge is 0.410 e. The highest BCUT2D eigenvalue weighted by atomic mass is 16.6. The zero-order valence-corrected chi connectivity index (χ0v) is 15.5. The molecule has 1 saturated heterocycles. The molecule has 2 aliphatic rings. The van der Waals surface area contributed by atoms with Crippen LogP contribution in [0, 0.1) is 5.92 Å². The first-order valence-electron chi connectivity index (χ1n) is 9.03. The first-order valence-corrected chi connectivity index (χ1v) is 9.03. The van der Waals surface area contributed by atoms with Gasteiger partial charge in [0.2, 0.25) is 0 Å². The summed E-state index contributed by atoms with van der Waals surface area (Å²) in [6, 6.07) is 0.0615. The molecule has 26 heavy (non-hydrogen) atoms. The quantitative estimate of drug-likeness (QED) is 0.859. The molecule has 1 N–H and O–H groups in total. The third-order valence-corrected chi connectivity index (χ3v) is 4.57. The Morgan fingerprint density at radius 2 is 2.00 bits per heavy atom. The number of hydrogen-bond donors (Lipinski definition) is 1. The molecule has 1 saturated carbocycles. The molecule has 1 aliphatic heterocycles. The van der Waals surface area contributed by atoms with E-state index in [9.17, 15) is 9.59 Å². The molecule has 1 amide bonds. The molecule has 1 atom stereocenters. The molecule has 8 nitrogen and oxygen atoms in total. The maximum Gasteiger partial charge on any atom is 0.410 e. The number of ether oxygens (including phenoxy) is 1. The lowest BCUT2D eigenvalue weighted by Gasteiger charge is -2.31. The number of aromatic nitrogens is 2. The van der Waals surface area contributed by atoms with Crippen molar-refractivity contribution in [3.63, 3.8) is 0 Å². The van der Waals surface area contributed by atoms with Crippen LogP contribution in [0.4, 0.5) is 10.6 Å². The van der Waals surface area contributed by atoms with E-state index in [0.29, 0.717) is 18.3 Å². The fourth-order valence-electron chi connectivity index (χ4n) is 3.07. The van der Waals surface area contributed by atoms with Gasteiger partial charge >= 0.3 is 12.1 Å². The molecule has 3 rings (SSSR count). The summed E-state index contributed by atoms with van der Waals surface area (Å²) < 4.78 is 5.60. The Labute approximate surface area is 153 Å². The standard InChI is InChI=1S/C18H26N4O4/c1-18(2,3)26-17(25)22(10-12-4-5-12)13-6-7-21(11-13)15-9-19-14(8-20-15)16(23)24/h8-9,12-13H,4-7,10-11H2,1-3H3,(H,23,24)/t13-/m1/s1. The van der Waals surface area contributed by atoms with E-state index in [2.05, 4.69) is 9.97 Å². The zero-order valence-electron chi connectivity index (χ0n) is 15.5. The van der Waals surface area contributed by atoms with Crippen LogP contribution in [-0.4, -0.2) is 63.3 Å². The van der Waals surface area contributed by atoms with Gasteiger partial charge in [0.25, 0.3) is 0 Å². The van der Waals surface area contributed by atoms with E-state index < -0.39 is 11.6 Å². The van der Waals surface area contributed by atoms with Crippen molar-refractivity contribution >= 4 is 17.9 Å². The third-order valence-electron chi connectivity index (χ3n) is 4.57. The first-order chi connectivity index (χ1) is 12.2. The fraction of sp³-hybridized carbons (Fsp3) is 0.667. The van der Waals surface area contributed by atoms with Gasteiger partial charge in [-0.1, -0.05) is 0 Å². The highest BCUT2D eigenvalue weighted by Gasteiger charge is 2.37. The zero-order chi connectivity index (χ0) is 18.9. The predicted molar refractivity (Wildman–Crippen MR) is 95.3 cm³/mol. The van der Waals surface area contributed by atoms with E-state index in [4.69, 9.17) is 9.84 Å². The summed E-state index contributed by atoms with van der Waals surface area (Å²) in [7, 11) is 0. The van der Waals surface area contributed by atoms with Gasteiger partial charge in [0.1, 0.15) is 11.4 Å². The van der Waals surface area contributed by atoms with Gasteiger partial charge in [-0.25, -0.2) is 19.6 Å². The first kappa shape index (κ1) is 18.4. The lowest BCUT2D eigenvalue weighted by atomic mass is 10.2. The van der Waals surface area contributed by atoms with Crippen molar-refractivity contribution in [3.05, 3.63) is 18.1 Å². The maximum absolute atomic E-state index is 12.7. The molecule has 0 unspecified atom stereocenters. The van der Waals surface area contributed by atoms with Crippen molar-refractivity contribution in [2.24, 2.45) is 5.92 Å². The summed E-state index contributed by atoms with van der Waals surface area (Å²) in [6.07, 6.45) is 5.64. The van der Waals surface area contributed by atoms with E-state index in [0.717, 1.165) is 32.4 Å². The number of carboxylic acids is 1. The average Bonchev–Trinajstić information content (AvgIpc) is 3.25. The van der Waals surface area contributed by atoms with Crippen LogP contribution in [0.1, 0.15) is 50.5 Å². The molecule has 142 valence electrons. The number of nitrogens with zero attached hydrogens (tertiary/aromatic N) is 4. The van der Waals surface area contributed by atoms with Crippen LogP contribution in [-0.2, 0) is 4.74 Å². The Morgan fingerprint density at radius 3 is 2.54 bits per heavy atom. The van der Waals surface area contributed by atoms with Gasteiger partial charge in [0, 0.05) is 19.6 Å². The number of carboxylic acid groups (broad SMARTS) is 1. The molecule has 0 spiro atoms. The second-order valence-electron chi connectivity index (χ2n) is 8.03. The van der Waals surface area contributed by atoms with Gasteiger partial charge in [-0.15, -0.1) is 0 Å². The molecule has 2 heterocycles. The molecule has 2 fully saturated rings. The fourth-order valence-corrected chi connectivity index (χ4v) is 3.07. The van der Waals surface area contributed by atoms with E-state index >= 15 is 0 Å². The summed E-state index contributed by atoms with van der Waals surface area (Å²) in [6.45, 7) is 7.75. The van der Waals surface area contributed by atoms with Crippen LogP contribution in [0.3, 0.4) is 0 Å². The Hall–Kier alpha value is -2.38. The van der Waals surface area contributed by atoms with Gasteiger partial charge in [0.05, 0.1) is 18.4 Å². The molecular formula is C18H26N4O4. The molecular weight excluding hydrogens is 336 g/mol. The van der Waals surface area contributed by atoms with Crippen molar-refractivity contribution in [3.8, 4) is 0 Å². The van der Waals surface area contributed by atoms with Crippen molar-refractivity contribution in [1.29, 1.82) is 0 Å². The topological polar surface area (TPSA) is 95.9 Å². The van der Waals surface area contributed by atoms with Crippen molar-refractivity contribution in [1.82, 2.24) is 14.9 Å². The van der Waals surface area contributed by atoms with E-state index in [-0.39, 0.29) is 17.8 Å². The van der Waals surface area contributed by atoms with Gasteiger partial charge in [-0.3, -0.25) is 0 Å². The van der Waals surface area contributed by atoms with E-state index in [1.54, 1.807) is 0 Å². The lowest BCUT2D eigenvalue weighted by Crippen LogP contribution is -2.45. The van der Waals surface area contributed by atoms with Gasteiger partial charge < -0.3 is 19.6 Å². The molecule has 8 heteroatoms. The highest BCUT2D eigenvalue weighted by molar-refractivity contribution is 5.84. The van der Waals surface area contributed by atoms with Gasteiger partial charge in [-0.05, 0) is 46.0 Å². The van der Waals surface area contributed by atoms with Crippen molar-refractivity contribution < 1.29 is 19.4 Å². The summed E-state index contributed by atoms with van der Waals surface area (Å²) in [4.78, 5) is 35.6. The summed E-state index contributed by atoms with van der Waals surface area (Å²) in [5.41, 5.74) is -0.594. The number of amides is 1. The Kier molecular flexibility index (Phi) is 5.02. The minimum Gasteiger partial charge on any atom is -0.476 e. The number of carbonyl (C=O) groups is 2. The SMILES string of the molecule is CC(C)(C)OC(=O)N(CC1CC1)[C@@H]1CCN(c2cnc(C(=O)O)cn2)C1. The van der Waals surface area contributed by atoms with Crippen LogP contribution >= 0.6 is 0 Å². The van der Waals surface area contributed by atoms with Gasteiger partial charge in [0.15, 0.2) is 5.69 Å². The van der Waals surface area contributed by atoms with E-state index in [1.165, 1.54) is 12.4 Å². The van der Waals surface area contributed by atoms with Crippen LogP contribution in [0.15, 0.2) is 12.4 Å². The minimum atomic E-state index is -1.09. The highest BCUT2D eigenvalue weighted by Crippen LogP contribution is 2.32. The Bertz CT molecular complexity index is 667. The monoisotopic (exact) mass is 362 g/mol.